The van der Waals surface area contributed by atoms with Gasteiger partial charge in [0.15, 0.2) is 0 Å². The fraction of sp³-hybridized carbons (Fsp3) is 0.800. The van der Waals surface area contributed by atoms with Crippen LogP contribution in [0.25, 0.3) is 0 Å². The second kappa shape index (κ2) is 6.40. The van der Waals surface area contributed by atoms with E-state index in [0.29, 0.717) is 19.4 Å². The lowest BCUT2D eigenvalue weighted by Crippen LogP contribution is -2.42. The largest absolute Gasteiger partial charge is 0.480 e. The topological polar surface area (TPSA) is 60.9 Å². The van der Waals surface area contributed by atoms with Gasteiger partial charge in [-0.1, -0.05) is 6.92 Å². The zero-order valence-corrected chi connectivity index (χ0v) is 9.86. The summed E-state index contributed by atoms with van der Waals surface area (Å²) in [6, 6.07) is -0.709. The zero-order valence-electron chi connectivity index (χ0n) is 9.86. The van der Waals surface area contributed by atoms with Crippen LogP contribution in [0.4, 0.5) is 0 Å². The number of carbonyl (C=O) groups excluding carboxylic acids is 1. The number of amides is 1. The normalized spacial score (nSPS) is 12.6. The molecular weight excluding hydrogens is 196 g/mol. The highest BCUT2D eigenvalue weighted by molar-refractivity contribution is 5.83. The Balaban J connectivity index is 4.22. The fourth-order valence-electron chi connectivity index (χ4n) is 1.28. The molecule has 1 amide bonds. The molecule has 1 unspecified atom stereocenters. The highest BCUT2D eigenvalue weighted by Gasteiger charge is 2.24. The minimum Gasteiger partial charge on any atom is -0.480 e. The van der Waals surface area contributed by atoms with Crippen LogP contribution >= 0.6 is 0 Å². The molecule has 0 aliphatic carbocycles. The molecule has 0 saturated heterocycles. The van der Waals surface area contributed by atoms with Crippen LogP contribution in [0.5, 0.6) is 0 Å². The molecule has 1 atom stereocenters. The monoisotopic (exact) mass is 216 g/mol. The Labute approximate surface area is 90.7 Å². The van der Waals surface area contributed by atoms with Gasteiger partial charge in [-0.25, -0.2) is 4.79 Å². The van der Waals surface area contributed by atoms with Crippen LogP contribution in [-0.2, 0) is 9.59 Å². The van der Waals surface area contributed by atoms with E-state index >= 15 is 0 Å². The molecule has 0 rings (SSSR count). The lowest BCUT2D eigenvalue weighted by molar-refractivity contribution is -0.149. The molecule has 5 nitrogen and oxygen atoms in total. The number of hydrogen-bond donors (Lipinski definition) is 1. The molecule has 88 valence electrons. The minimum atomic E-state index is -0.946. The summed E-state index contributed by atoms with van der Waals surface area (Å²) in [7, 11) is 5.30. The Morgan fingerprint density at radius 2 is 1.80 bits per heavy atom. The molecular formula is C10H20N2O3. The van der Waals surface area contributed by atoms with Gasteiger partial charge in [0, 0.05) is 20.0 Å². The van der Waals surface area contributed by atoms with Gasteiger partial charge in [0.2, 0.25) is 5.91 Å². The molecule has 0 spiro atoms. The number of aliphatic carboxylic acids is 1. The maximum absolute atomic E-state index is 11.6. The molecule has 0 saturated carbocycles. The number of carboxylic acid groups (broad SMARTS) is 1. The minimum absolute atomic E-state index is 0.127. The van der Waals surface area contributed by atoms with Gasteiger partial charge >= 0.3 is 5.97 Å². The van der Waals surface area contributed by atoms with Crippen molar-refractivity contribution in [1.82, 2.24) is 9.80 Å². The van der Waals surface area contributed by atoms with Gasteiger partial charge < -0.3 is 14.9 Å². The fourth-order valence-corrected chi connectivity index (χ4v) is 1.28. The van der Waals surface area contributed by atoms with Crippen LogP contribution in [0.2, 0.25) is 0 Å². The quantitative estimate of drug-likeness (QED) is 0.692. The highest BCUT2D eigenvalue weighted by Crippen LogP contribution is 2.04. The number of hydrogen-bond acceptors (Lipinski definition) is 3. The van der Waals surface area contributed by atoms with Gasteiger partial charge in [-0.2, -0.15) is 0 Å². The first kappa shape index (κ1) is 13.9. The van der Waals surface area contributed by atoms with Crippen LogP contribution in [0, 0.1) is 0 Å². The Morgan fingerprint density at radius 3 is 2.13 bits per heavy atom. The summed E-state index contributed by atoms with van der Waals surface area (Å²) in [6.45, 7) is 2.40. The van der Waals surface area contributed by atoms with Crippen LogP contribution < -0.4 is 0 Å². The van der Waals surface area contributed by atoms with E-state index in [4.69, 9.17) is 5.11 Å². The molecule has 0 fully saturated rings. The lowest BCUT2D eigenvalue weighted by Gasteiger charge is -2.24. The van der Waals surface area contributed by atoms with E-state index in [9.17, 15) is 9.59 Å². The molecule has 1 N–H and O–H groups in total. The Morgan fingerprint density at radius 1 is 1.27 bits per heavy atom. The molecule has 0 aliphatic heterocycles. The van der Waals surface area contributed by atoms with E-state index in [1.54, 1.807) is 14.0 Å². The first-order valence-corrected chi connectivity index (χ1v) is 5.03. The number of likely N-dealkylation sites (N-methyl/N-ethyl adjacent to an activating group) is 1. The summed E-state index contributed by atoms with van der Waals surface area (Å²) in [5.41, 5.74) is 0. The van der Waals surface area contributed by atoms with Gasteiger partial charge in [-0.15, -0.1) is 0 Å². The summed E-state index contributed by atoms with van der Waals surface area (Å²) in [4.78, 5) is 25.6. The third-order valence-electron chi connectivity index (χ3n) is 2.31. The van der Waals surface area contributed by atoms with E-state index in [2.05, 4.69) is 0 Å². The average molecular weight is 216 g/mol. The summed E-state index contributed by atoms with van der Waals surface area (Å²) in [6.07, 6.45) is 0.785. The van der Waals surface area contributed by atoms with Gasteiger partial charge in [-0.3, -0.25) is 4.79 Å². The molecule has 5 heteroatoms. The van der Waals surface area contributed by atoms with Crippen molar-refractivity contribution in [2.75, 3.05) is 27.7 Å². The Hall–Kier alpha value is -1.10. The molecule has 0 aromatic carbocycles. The zero-order chi connectivity index (χ0) is 12.0. The number of nitrogens with zero attached hydrogens (tertiary/aromatic N) is 2. The van der Waals surface area contributed by atoms with E-state index in [1.807, 2.05) is 19.0 Å². The Kier molecular flexibility index (Phi) is 5.93. The van der Waals surface area contributed by atoms with Crippen molar-refractivity contribution < 1.29 is 14.7 Å². The SMILES string of the molecule is CCC(C(=O)O)N(C)C(=O)CCN(C)C. The second-order valence-corrected chi connectivity index (χ2v) is 3.82. The molecule has 0 aromatic rings. The number of rotatable bonds is 6. The first-order chi connectivity index (χ1) is 6.90. The Bertz CT molecular complexity index is 229. The van der Waals surface area contributed by atoms with Crippen molar-refractivity contribution >= 4 is 11.9 Å². The van der Waals surface area contributed by atoms with Crippen molar-refractivity contribution in [2.24, 2.45) is 0 Å². The molecule has 0 bridgehead atoms. The third-order valence-corrected chi connectivity index (χ3v) is 2.31. The standard InChI is InChI=1S/C10H20N2O3/c1-5-8(10(14)15)12(4)9(13)6-7-11(2)3/h8H,5-7H2,1-4H3,(H,14,15). The van der Waals surface area contributed by atoms with Crippen molar-refractivity contribution in [3.05, 3.63) is 0 Å². The van der Waals surface area contributed by atoms with Crippen LogP contribution in [0.3, 0.4) is 0 Å². The third kappa shape index (κ3) is 4.78. The highest BCUT2D eigenvalue weighted by atomic mass is 16.4. The molecule has 0 aromatic heterocycles. The maximum atomic E-state index is 11.6. The van der Waals surface area contributed by atoms with E-state index in [-0.39, 0.29) is 5.91 Å². The predicted octanol–water partition coefficient (Wildman–Crippen LogP) is 0.260. The summed E-state index contributed by atoms with van der Waals surface area (Å²) >= 11 is 0. The van der Waals surface area contributed by atoms with Gasteiger partial charge in [0.1, 0.15) is 6.04 Å². The molecule has 0 heterocycles. The smallest absolute Gasteiger partial charge is 0.326 e. The van der Waals surface area contributed by atoms with Crippen molar-refractivity contribution in [3.63, 3.8) is 0 Å². The lowest BCUT2D eigenvalue weighted by atomic mass is 10.2. The van der Waals surface area contributed by atoms with Crippen LogP contribution in [0.15, 0.2) is 0 Å². The van der Waals surface area contributed by atoms with Crippen molar-refractivity contribution in [3.8, 4) is 0 Å². The van der Waals surface area contributed by atoms with E-state index in [1.165, 1.54) is 4.90 Å². The van der Waals surface area contributed by atoms with Crippen molar-refractivity contribution in [2.45, 2.75) is 25.8 Å². The van der Waals surface area contributed by atoms with E-state index in [0.717, 1.165) is 0 Å². The summed E-state index contributed by atoms with van der Waals surface area (Å²) in [5, 5.41) is 8.87. The number of carboxylic acids is 1. The molecule has 0 aliphatic rings. The first-order valence-electron chi connectivity index (χ1n) is 5.03. The molecule has 0 radical (unpaired) electrons. The van der Waals surface area contributed by atoms with Crippen molar-refractivity contribution in [1.29, 1.82) is 0 Å². The summed E-state index contributed by atoms with van der Waals surface area (Å²) in [5.74, 6) is -1.07. The van der Waals surface area contributed by atoms with Crippen LogP contribution in [0.1, 0.15) is 19.8 Å². The van der Waals surface area contributed by atoms with Gasteiger partial charge in [0.25, 0.3) is 0 Å². The summed E-state index contributed by atoms with van der Waals surface area (Å²) < 4.78 is 0. The van der Waals surface area contributed by atoms with Gasteiger partial charge in [0.05, 0.1) is 0 Å². The number of carbonyl (C=O) groups is 2. The second-order valence-electron chi connectivity index (χ2n) is 3.82. The van der Waals surface area contributed by atoms with Crippen LogP contribution in [-0.4, -0.2) is 60.5 Å². The van der Waals surface area contributed by atoms with Gasteiger partial charge in [-0.05, 0) is 20.5 Å². The average Bonchev–Trinajstić information content (AvgIpc) is 2.14. The maximum Gasteiger partial charge on any atom is 0.326 e. The predicted molar refractivity (Wildman–Crippen MR) is 57.7 cm³/mol. The van der Waals surface area contributed by atoms with E-state index < -0.39 is 12.0 Å². The molecule has 15 heavy (non-hydrogen) atoms.